The summed E-state index contributed by atoms with van der Waals surface area (Å²) in [5.74, 6) is 0. The number of hydrogen-bond donors (Lipinski definition) is 2. The molecule has 1 aromatic rings. The van der Waals surface area contributed by atoms with Crippen molar-refractivity contribution in [3.05, 3.63) is 18.2 Å². The first kappa shape index (κ1) is 14.5. The molecular weight excluding hydrogens is 240 g/mol. The fraction of sp³-hybridized carbons (Fsp3) is 0.786. The summed E-state index contributed by atoms with van der Waals surface area (Å²) in [6, 6.07) is 1.00. The highest BCUT2D eigenvalue weighted by Crippen LogP contribution is 2.13. The molecule has 1 fully saturated rings. The van der Waals surface area contributed by atoms with Crippen molar-refractivity contribution in [3.8, 4) is 0 Å². The molecule has 0 saturated carbocycles. The van der Waals surface area contributed by atoms with Crippen LogP contribution in [0.25, 0.3) is 0 Å². The van der Waals surface area contributed by atoms with Crippen molar-refractivity contribution in [2.24, 2.45) is 0 Å². The van der Waals surface area contributed by atoms with Crippen LogP contribution < -0.4 is 5.32 Å². The standard InChI is InChI=1S/C14H26N4O/c1-12(2)18-11-15-8-14(18)10-17(6-7-19)9-13-4-3-5-16-13/h8,11-13,16,19H,3-7,9-10H2,1-2H3. The van der Waals surface area contributed by atoms with E-state index in [0.29, 0.717) is 12.1 Å². The average molecular weight is 266 g/mol. The lowest BCUT2D eigenvalue weighted by Crippen LogP contribution is -2.39. The highest BCUT2D eigenvalue weighted by molar-refractivity contribution is 5.00. The van der Waals surface area contributed by atoms with Gasteiger partial charge in [0, 0.05) is 37.9 Å². The van der Waals surface area contributed by atoms with Gasteiger partial charge in [-0.3, -0.25) is 4.90 Å². The number of hydrogen-bond acceptors (Lipinski definition) is 4. The Morgan fingerprint density at radius 3 is 3.05 bits per heavy atom. The summed E-state index contributed by atoms with van der Waals surface area (Å²) < 4.78 is 2.20. The van der Waals surface area contributed by atoms with Crippen LogP contribution in [-0.4, -0.2) is 51.8 Å². The average Bonchev–Trinajstić information content (AvgIpc) is 3.00. The monoisotopic (exact) mass is 266 g/mol. The number of rotatable bonds is 7. The summed E-state index contributed by atoms with van der Waals surface area (Å²) >= 11 is 0. The Morgan fingerprint density at radius 2 is 2.42 bits per heavy atom. The summed E-state index contributed by atoms with van der Waals surface area (Å²) in [6.07, 6.45) is 6.34. The SMILES string of the molecule is CC(C)n1cncc1CN(CCO)CC1CCCN1. The number of imidazole rings is 1. The topological polar surface area (TPSA) is 53.3 Å². The van der Waals surface area contributed by atoms with E-state index >= 15 is 0 Å². The van der Waals surface area contributed by atoms with Crippen LogP contribution in [-0.2, 0) is 6.54 Å². The third-order valence-electron chi connectivity index (χ3n) is 3.75. The van der Waals surface area contributed by atoms with Gasteiger partial charge in [0.2, 0.25) is 0 Å². The van der Waals surface area contributed by atoms with E-state index < -0.39 is 0 Å². The van der Waals surface area contributed by atoms with E-state index in [0.717, 1.165) is 26.2 Å². The molecule has 5 nitrogen and oxygen atoms in total. The first-order chi connectivity index (χ1) is 9.20. The quantitative estimate of drug-likeness (QED) is 0.773. The van der Waals surface area contributed by atoms with Gasteiger partial charge >= 0.3 is 0 Å². The molecule has 1 saturated heterocycles. The van der Waals surface area contributed by atoms with Gasteiger partial charge in [0.1, 0.15) is 0 Å². The fourth-order valence-corrected chi connectivity index (χ4v) is 2.75. The van der Waals surface area contributed by atoms with Crippen molar-refractivity contribution >= 4 is 0 Å². The first-order valence-electron chi connectivity index (χ1n) is 7.28. The third kappa shape index (κ3) is 4.03. The molecule has 0 bridgehead atoms. The summed E-state index contributed by atoms with van der Waals surface area (Å²) in [6.45, 7) is 8.26. The van der Waals surface area contributed by atoms with Crippen molar-refractivity contribution in [2.75, 3.05) is 26.2 Å². The van der Waals surface area contributed by atoms with E-state index in [1.54, 1.807) is 0 Å². The zero-order chi connectivity index (χ0) is 13.7. The second kappa shape index (κ2) is 7.03. The number of aromatic nitrogens is 2. The van der Waals surface area contributed by atoms with Crippen LogP contribution in [0.15, 0.2) is 12.5 Å². The Morgan fingerprint density at radius 1 is 1.58 bits per heavy atom. The predicted octanol–water partition coefficient (Wildman–Crippen LogP) is 1.01. The molecule has 5 heteroatoms. The van der Waals surface area contributed by atoms with E-state index in [2.05, 4.69) is 33.6 Å². The minimum atomic E-state index is 0.211. The molecule has 0 aromatic carbocycles. The number of nitrogens with one attached hydrogen (secondary N) is 1. The molecule has 1 aliphatic rings. The van der Waals surface area contributed by atoms with Crippen LogP contribution in [0.4, 0.5) is 0 Å². The minimum absolute atomic E-state index is 0.211. The maximum Gasteiger partial charge on any atom is 0.0951 e. The minimum Gasteiger partial charge on any atom is -0.395 e. The van der Waals surface area contributed by atoms with Gasteiger partial charge in [0.05, 0.1) is 18.6 Å². The zero-order valence-corrected chi connectivity index (χ0v) is 12.0. The fourth-order valence-electron chi connectivity index (χ4n) is 2.75. The van der Waals surface area contributed by atoms with Crippen molar-refractivity contribution in [3.63, 3.8) is 0 Å². The summed E-state index contributed by atoms with van der Waals surface area (Å²) in [5.41, 5.74) is 1.22. The van der Waals surface area contributed by atoms with Crippen LogP contribution in [0.5, 0.6) is 0 Å². The lowest BCUT2D eigenvalue weighted by atomic mass is 10.2. The van der Waals surface area contributed by atoms with Gasteiger partial charge in [-0.25, -0.2) is 4.98 Å². The number of nitrogens with zero attached hydrogens (tertiary/aromatic N) is 3. The van der Waals surface area contributed by atoms with Gasteiger partial charge in [-0.1, -0.05) is 0 Å². The molecule has 2 heterocycles. The van der Waals surface area contributed by atoms with Crippen LogP contribution in [0.3, 0.4) is 0 Å². The second-order valence-electron chi connectivity index (χ2n) is 5.64. The highest BCUT2D eigenvalue weighted by atomic mass is 16.3. The predicted molar refractivity (Wildman–Crippen MR) is 76.0 cm³/mol. The summed E-state index contributed by atoms with van der Waals surface area (Å²) in [7, 11) is 0. The Balaban J connectivity index is 1.96. The summed E-state index contributed by atoms with van der Waals surface area (Å²) in [5, 5.41) is 12.7. The maximum atomic E-state index is 9.23. The highest BCUT2D eigenvalue weighted by Gasteiger charge is 2.19. The molecule has 0 radical (unpaired) electrons. The van der Waals surface area contributed by atoms with E-state index in [-0.39, 0.29) is 6.61 Å². The summed E-state index contributed by atoms with van der Waals surface area (Å²) in [4.78, 5) is 6.56. The van der Waals surface area contributed by atoms with Crippen LogP contribution >= 0.6 is 0 Å². The molecule has 1 aliphatic heterocycles. The van der Waals surface area contributed by atoms with Gasteiger partial charge in [0.15, 0.2) is 0 Å². The Kier molecular flexibility index (Phi) is 5.36. The van der Waals surface area contributed by atoms with Crippen molar-refractivity contribution in [1.29, 1.82) is 0 Å². The van der Waals surface area contributed by atoms with Gasteiger partial charge in [-0.2, -0.15) is 0 Å². The Hall–Kier alpha value is -0.910. The van der Waals surface area contributed by atoms with Crippen LogP contribution in [0.1, 0.15) is 38.4 Å². The zero-order valence-electron chi connectivity index (χ0n) is 12.0. The normalized spacial score (nSPS) is 19.7. The molecule has 1 atom stereocenters. The van der Waals surface area contributed by atoms with Gasteiger partial charge < -0.3 is 15.0 Å². The molecular formula is C14H26N4O. The van der Waals surface area contributed by atoms with Crippen molar-refractivity contribution in [1.82, 2.24) is 19.8 Å². The molecule has 2 rings (SSSR count). The smallest absolute Gasteiger partial charge is 0.0951 e. The molecule has 0 spiro atoms. The van der Waals surface area contributed by atoms with E-state index in [1.807, 2.05) is 12.5 Å². The Bertz CT molecular complexity index is 371. The molecule has 108 valence electrons. The molecule has 1 aromatic heterocycles. The molecule has 2 N–H and O–H groups in total. The maximum absolute atomic E-state index is 9.23. The third-order valence-corrected chi connectivity index (χ3v) is 3.75. The largest absolute Gasteiger partial charge is 0.395 e. The molecule has 1 unspecified atom stereocenters. The van der Waals surface area contributed by atoms with E-state index in [1.165, 1.54) is 18.5 Å². The van der Waals surface area contributed by atoms with E-state index in [9.17, 15) is 5.11 Å². The first-order valence-corrected chi connectivity index (χ1v) is 7.28. The number of aliphatic hydroxyl groups excluding tert-OH is 1. The molecule has 19 heavy (non-hydrogen) atoms. The molecule has 0 aliphatic carbocycles. The van der Waals surface area contributed by atoms with Crippen molar-refractivity contribution < 1.29 is 5.11 Å². The van der Waals surface area contributed by atoms with Crippen LogP contribution in [0, 0.1) is 0 Å². The van der Waals surface area contributed by atoms with Crippen LogP contribution in [0.2, 0.25) is 0 Å². The van der Waals surface area contributed by atoms with Gasteiger partial charge in [-0.05, 0) is 33.2 Å². The number of aliphatic hydroxyl groups is 1. The second-order valence-corrected chi connectivity index (χ2v) is 5.64. The van der Waals surface area contributed by atoms with Gasteiger partial charge in [0.25, 0.3) is 0 Å². The van der Waals surface area contributed by atoms with Crippen molar-refractivity contribution in [2.45, 2.75) is 45.3 Å². The van der Waals surface area contributed by atoms with Gasteiger partial charge in [-0.15, -0.1) is 0 Å². The van der Waals surface area contributed by atoms with E-state index in [4.69, 9.17) is 0 Å². The lowest BCUT2D eigenvalue weighted by molar-refractivity contribution is 0.175. The Labute approximate surface area is 115 Å². The lowest BCUT2D eigenvalue weighted by Gasteiger charge is -2.25. The molecule has 0 amide bonds.